The molecule has 5 aromatic rings. The van der Waals surface area contributed by atoms with Gasteiger partial charge in [0.05, 0.1) is 17.4 Å². The first-order valence-corrected chi connectivity index (χ1v) is 12.5. The van der Waals surface area contributed by atoms with Crippen LogP contribution >= 0.6 is 0 Å². The van der Waals surface area contributed by atoms with Crippen LogP contribution in [-0.4, -0.2) is 30.2 Å². The summed E-state index contributed by atoms with van der Waals surface area (Å²) in [6, 6.07) is 15.3. The summed E-state index contributed by atoms with van der Waals surface area (Å²) >= 11 is 0. The summed E-state index contributed by atoms with van der Waals surface area (Å²) in [5.41, 5.74) is 3.05. The van der Waals surface area contributed by atoms with Crippen molar-refractivity contribution in [2.24, 2.45) is 0 Å². The van der Waals surface area contributed by atoms with Crippen molar-refractivity contribution in [3.8, 4) is 0 Å². The molecule has 0 aliphatic carbocycles. The Bertz CT molecular complexity index is 1540. The van der Waals surface area contributed by atoms with Gasteiger partial charge >= 0.3 is 0 Å². The monoisotopic (exact) mass is 498 g/mol. The van der Waals surface area contributed by atoms with Gasteiger partial charge in [0, 0.05) is 23.5 Å². The van der Waals surface area contributed by atoms with Gasteiger partial charge in [-0.1, -0.05) is 24.6 Å². The molecule has 37 heavy (non-hydrogen) atoms. The van der Waals surface area contributed by atoms with Crippen LogP contribution in [-0.2, 0) is 18.6 Å². The Morgan fingerprint density at radius 2 is 2.00 bits per heavy atom. The predicted molar refractivity (Wildman–Crippen MR) is 140 cm³/mol. The van der Waals surface area contributed by atoms with E-state index >= 15 is 0 Å². The lowest BCUT2D eigenvalue weighted by Gasteiger charge is -2.31. The Morgan fingerprint density at radius 1 is 1.14 bits per heavy atom. The maximum atomic E-state index is 13.7. The molecule has 1 unspecified atom stereocenters. The second kappa shape index (κ2) is 10.1. The number of hydrogen-bond acceptors (Lipinski definition) is 6. The van der Waals surface area contributed by atoms with Crippen molar-refractivity contribution in [1.82, 2.24) is 30.2 Å². The SMILES string of the molecule is CCC(C)(C)n1nnnc1[C@@H](c1cc2cc(C)ccc2[nH]c1=O)[NH+](Cc1cccnc1)Cc1ccco1. The summed E-state index contributed by atoms with van der Waals surface area (Å²) in [7, 11) is 0. The third kappa shape index (κ3) is 5.08. The van der Waals surface area contributed by atoms with Gasteiger partial charge in [-0.15, -0.1) is 5.10 Å². The zero-order valence-electron chi connectivity index (χ0n) is 21.6. The second-order valence-corrected chi connectivity index (χ2v) is 10.1. The number of nitrogens with one attached hydrogen (secondary N) is 2. The van der Waals surface area contributed by atoms with Gasteiger partial charge in [0.2, 0.25) is 5.82 Å². The third-order valence-corrected chi connectivity index (χ3v) is 7.07. The average Bonchev–Trinajstić information content (AvgIpc) is 3.58. The van der Waals surface area contributed by atoms with E-state index in [1.807, 2.05) is 60.3 Å². The van der Waals surface area contributed by atoms with Crippen LogP contribution in [0.5, 0.6) is 0 Å². The van der Waals surface area contributed by atoms with Crippen LogP contribution in [0.25, 0.3) is 10.9 Å². The summed E-state index contributed by atoms with van der Waals surface area (Å²) in [6.07, 6.45) is 6.10. The Labute approximate surface area is 215 Å². The number of quaternary nitrogens is 1. The number of hydrogen-bond donors (Lipinski definition) is 2. The van der Waals surface area contributed by atoms with E-state index in [1.54, 1.807) is 12.5 Å². The molecule has 2 N–H and O–H groups in total. The Kier molecular flexibility index (Phi) is 6.71. The van der Waals surface area contributed by atoms with E-state index in [9.17, 15) is 4.79 Å². The predicted octanol–water partition coefficient (Wildman–Crippen LogP) is 3.33. The number of aromatic amines is 1. The van der Waals surface area contributed by atoms with Crippen LogP contribution in [0, 0.1) is 6.92 Å². The third-order valence-electron chi connectivity index (χ3n) is 7.07. The fraction of sp³-hybridized carbons (Fsp3) is 0.321. The van der Waals surface area contributed by atoms with Crippen molar-refractivity contribution in [3.05, 3.63) is 106 Å². The van der Waals surface area contributed by atoms with E-state index in [1.165, 1.54) is 0 Å². The lowest BCUT2D eigenvalue weighted by Crippen LogP contribution is -3.10. The zero-order chi connectivity index (χ0) is 26.0. The highest BCUT2D eigenvalue weighted by atomic mass is 16.3. The van der Waals surface area contributed by atoms with Crippen LogP contribution in [0.3, 0.4) is 0 Å². The van der Waals surface area contributed by atoms with Crippen molar-refractivity contribution in [2.75, 3.05) is 0 Å². The van der Waals surface area contributed by atoms with Crippen molar-refractivity contribution in [1.29, 1.82) is 0 Å². The zero-order valence-corrected chi connectivity index (χ0v) is 21.6. The van der Waals surface area contributed by atoms with Gasteiger partial charge in [0.15, 0.2) is 11.8 Å². The van der Waals surface area contributed by atoms with Crippen molar-refractivity contribution in [3.63, 3.8) is 0 Å². The number of benzene rings is 1. The number of fused-ring (bicyclic) bond motifs is 1. The minimum Gasteiger partial charge on any atom is -0.463 e. The number of H-pyrrole nitrogens is 1. The van der Waals surface area contributed by atoms with Gasteiger partial charge < -0.3 is 14.3 Å². The first kappa shape index (κ1) is 24.6. The Hall–Kier alpha value is -4.11. The van der Waals surface area contributed by atoms with Gasteiger partial charge in [0.1, 0.15) is 13.1 Å². The van der Waals surface area contributed by atoms with Crippen molar-refractivity contribution >= 4 is 10.9 Å². The maximum absolute atomic E-state index is 13.7. The molecule has 0 fully saturated rings. The van der Waals surface area contributed by atoms with E-state index in [2.05, 4.69) is 52.3 Å². The number of furan rings is 1. The van der Waals surface area contributed by atoms with Crippen molar-refractivity contribution < 1.29 is 9.32 Å². The van der Waals surface area contributed by atoms with E-state index in [-0.39, 0.29) is 11.1 Å². The number of aryl methyl sites for hydroxylation is 1. The quantitative estimate of drug-likeness (QED) is 0.323. The van der Waals surface area contributed by atoms with Gasteiger partial charge in [-0.3, -0.25) is 9.78 Å². The fourth-order valence-corrected chi connectivity index (χ4v) is 4.72. The Morgan fingerprint density at radius 3 is 2.73 bits per heavy atom. The van der Waals surface area contributed by atoms with Gasteiger partial charge in [-0.25, -0.2) is 4.68 Å². The molecule has 9 nitrogen and oxygen atoms in total. The second-order valence-electron chi connectivity index (χ2n) is 10.1. The largest absolute Gasteiger partial charge is 0.463 e. The first-order valence-electron chi connectivity index (χ1n) is 12.5. The molecular formula is C28H32N7O2+. The molecule has 4 aromatic heterocycles. The highest BCUT2D eigenvalue weighted by Gasteiger charge is 2.38. The van der Waals surface area contributed by atoms with Gasteiger partial charge in [-0.2, -0.15) is 0 Å². The molecule has 0 spiro atoms. The molecule has 0 saturated carbocycles. The smallest absolute Gasteiger partial charge is 0.258 e. The lowest BCUT2D eigenvalue weighted by molar-refractivity contribution is -0.954. The van der Waals surface area contributed by atoms with Gasteiger partial charge in [-0.05, 0) is 79.4 Å². The van der Waals surface area contributed by atoms with Crippen LogP contribution < -0.4 is 10.5 Å². The number of nitrogens with zero attached hydrogens (tertiary/aromatic N) is 5. The molecular weight excluding hydrogens is 466 g/mol. The summed E-state index contributed by atoms with van der Waals surface area (Å²) < 4.78 is 7.62. The lowest BCUT2D eigenvalue weighted by atomic mass is 9.98. The molecule has 0 aliphatic heterocycles. The minimum absolute atomic E-state index is 0.159. The summed E-state index contributed by atoms with van der Waals surface area (Å²) in [6.45, 7) is 9.47. The summed E-state index contributed by atoms with van der Waals surface area (Å²) in [5.74, 6) is 1.44. The number of tetrazole rings is 1. The molecule has 9 heteroatoms. The van der Waals surface area contributed by atoms with E-state index < -0.39 is 6.04 Å². The van der Waals surface area contributed by atoms with Crippen LogP contribution in [0.2, 0.25) is 0 Å². The van der Waals surface area contributed by atoms with Crippen LogP contribution in [0.4, 0.5) is 0 Å². The van der Waals surface area contributed by atoms with Crippen molar-refractivity contribution in [2.45, 2.75) is 58.8 Å². The minimum atomic E-state index is -0.472. The van der Waals surface area contributed by atoms with E-state index in [0.29, 0.717) is 24.5 Å². The molecule has 0 amide bonds. The maximum Gasteiger partial charge on any atom is 0.258 e. The fourth-order valence-electron chi connectivity index (χ4n) is 4.72. The Balaban J connectivity index is 1.73. The number of rotatable bonds is 9. The first-order chi connectivity index (χ1) is 17.9. The number of pyridine rings is 2. The highest BCUT2D eigenvalue weighted by Crippen LogP contribution is 2.25. The molecule has 0 bridgehead atoms. The summed E-state index contributed by atoms with van der Waals surface area (Å²) in [4.78, 5) is 22.1. The van der Waals surface area contributed by atoms with Crippen LogP contribution in [0.15, 0.2) is 76.4 Å². The molecule has 1 aromatic carbocycles. The molecule has 0 saturated heterocycles. The molecule has 5 rings (SSSR count). The standard InChI is InChI=1S/C28H31N7O2/c1-5-28(3,4)35-26(31-32-33-35)25(23-15-21-14-19(2)10-11-24(21)30-27(23)36)34(18-22-9-7-13-37-22)17-20-8-6-12-29-16-20/h6-16,25H,5,17-18H2,1-4H3,(H,30,36)/p+1/t25-/m1/s1. The molecule has 0 aliphatic rings. The number of aromatic nitrogens is 6. The normalized spacial score (nSPS) is 13.6. The topological polar surface area (TPSA) is 107 Å². The van der Waals surface area contributed by atoms with E-state index in [0.717, 1.165) is 39.1 Å². The molecule has 0 radical (unpaired) electrons. The van der Waals surface area contributed by atoms with Gasteiger partial charge in [0.25, 0.3) is 5.56 Å². The molecule has 4 heterocycles. The van der Waals surface area contributed by atoms with E-state index in [4.69, 9.17) is 4.42 Å². The van der Waals surface area contributed by atoms with Crippen LogP contribution in [0.1, 0.15) is 61.5 Å². The molecule has 2 atom stereocenters. The highest BCUT2D eigenvalue weighted by molar-refractivity contribution is 5.79. The molecule has 190 valence electrons. The summed E-state index contributed by atoms with van der Waals surface area (Å²) in [5, 5.41) is 14.0. The average molecular weight is 499 g/mol.